The molecule has 16 heavy (non-hydrogen) atoms. The van der Waals surface area contributed by atoms with E-state index in [1.165, 1.54) is 0 Å². The quantitative estimate of drug-likeness (QED) is 0.891. The molecule has 0 aliphatic rings. The first-order valence-corrected chi connectivity index (χ1v) is 5.90. The third-order valence-electron chi connectivity index (χ3n) is 2.58. The molecule has 0 amide bonds. The summed E-state index contributed by atoms with van der Waals surface area (Å²) in [5, 5.41) is 0.729. The number of aromatic nitrogens is 2. The molecule has 0 radical (unpaired) electrons. The molecule has 0 aliphatic heterocycles. The summed E-state index contributed by atoms with van der Waals surface area (Å²) in [4.78, 5) is 4.61. The van der Waals surface area contributed by atoms with Crippen molar-refractivity contribution >= 4 is 17.1 Å². The first kappa shape index (κ1) is 11.4. The number of nitrogens with two attached hydrogens (primary N) is 1. The molecule has 0 spiro atoms. The summed E-state index contributed by atoms with van der Waals surface area (Å²) in [6, 6.07) is 4.02. The second-order valence-corrected chi connectivity index (χ2v) is 4.55. The lowest BCUT2D eigenvalue weighted by atomic mass is 10.2. The van der Waals surface area contributed by atoms with Gasteiger partial charge in [-0.15, -0.1) is 0 Å². The van der Waals surface area contributed by atoms with E-state index in [1.807, 2.05) is 25.3 Å². The van der Waals surface area contributed by atoms with Gasteiger partial charge in [0.05, 0.1) is 16.2 Å². The van der Waals surface area contributed by atoms with Gasteiger partial charge in [-0.05, 0) is 19.1 Å². The van der Waals surface area contributed by atoms with Crippen molar-refractivity contribution < 1.29 is 0 Å². The molecule has 0 saturated carbocycles. The summed E-state index contributed by atoms with van der Waals surface area (Å²) in [6.45, 7) is 4.08. The monoisotopic (exact) mass is 237 g/mol. The highest BCUT2D eigenvalue weighted by Gasteiger charge is 2.11. The van der Waals surface area contributed by atoms with Crippen LogP contribution in [0.5, 0.6) is 0 Å². The zero-order chi connectivity index (χ0) is 11.7. The van der Waals surface area contributed by atoms with Gasteiger partial charge in [0.1, 0.15) is 5.82 Å². The number of halogens is 1. The molecule has 2 aromatic rings. The lowest BCUT2D eigenvalue weighted by molar-refractivity contribution is 0.726. The van der Waals surface area contributed by atoms with E-state index in [0.29, 0.717) is 0 Å². The molecule has 3 nitrogen and oxygen atoms in total. The van der Waals surface area contributed by atoms with E-state index in [0.717, 1.165) is 34.9 Å². The van der Waals surface area contributed by atoms with Gasteiger partial charge in [0, 0.05) is 25.1 Å². The summed E-state index contributed by atoms with van der Waals surface area (Å²) in [7, 11) is 0. The molecule has 0 saturated heterocycles. The van der Waals surface area contributed by atoms with Gasteiger partial charge in [-0.1, -0.05) is 18.5 Å². The fourth-order valence-corrected chi connectivity index (χ4v) is 2.06. The Kier molecular flexibility index (Phi) is 3.17. The SMILES string of the molecule is CCc1nc(CC(C)N)c2ccc(Cl)cn12. The molecular weight excluding hydrogens is 222 g/mol. The number of fused-ring (bicyclic) bond motifs is 1. The van der Waals surface area contributed by atoms with Gasteiger partial charge < -0.3 is 10.1 Å². The van der Waals surface area contributed by atoms with Crippen LogP contribution in [0.2, 0.25) is 5.02 Å². The minimum Gasteiger partial charge on any atom is -0.328 e. The van der Waals surface area contributed by atoms with Crippen LogP contribution >= 0.6 is 11.6 Å². The van der Waals surface area contributed by atoms with E-state index in [9.17, 15) is 0 Å². The van der Waals surface area contributed by atoms with Crippen LogP contribution in [-0.2, 0) is 12.8 Å². The molecule has 1 atom stereocenters. The fraction of sp³-hybridized carbons (Fsp3) is 0.417. The smallest absolute Gasteiger partial charge is 0.113 e. The maximum Gasteiger partial charge on any atom is 0.113 e. The highest BCUT2D eigenvalue weighted by molar-refractivity contribution is 6.30. The van der Waals surface area contributed by atoms with Crippen LogP contribution in [-0.4, -0.2) is 15.4 Å². The van der Waals surface area contributed by atoms with Crippen molar-refractivity contribution in [3.63, 3.8) is 0 Å². The van der Waals surface area contributed by atoms with E-state index >= 15 is 0 Å². The first-order valence-electron chi connectivity index (χ1n) is 5.52. The van der Waals surface area contributed by atoms with Crippen LogP contribution in [0.1, 0.15) is 25.4 Å². The highest BCUT2D eigenvalue weighted by Crippen LogP contribution is 2.18. The van der Waals surface area contributed by atoms with Gasteiger partial charge in [0.2, 0.25) is 0 Å². The van der Waals surface area contributed by atoms with Gasteiger partial charge in [0.25, 0.3) is 0 Å². The fourth-order valence-electron chi connectivity index (χ4n) is 1.90. The summed E-state index contributed by atoms with van der Waals surface area (Å²) in [5.41, 5.74) is 7.99. The van der Waals surface area contributed by atoms with Crippen molar-refractivity contribution in [1.29, 1.82) is 0 Å². The Morgan fingerprint density at radius 2 is 2.25 bits per heavy atom. The maximum atomic E-state index is 5.99. The van der Waals surface area contributed by atoms with E-state index in [-0.39, 0.29) is 6.04 Å². The van der Waals surface area contributed by atoms with Crippen LogP contribution in [0.15, 0.2) is 18.3 Å². The van der Waals surface area contributed by atoms with Crippen LogP contribution in [0.4, 0.5) is 0 Å². The predicted molar refractivity (Wildman–Crippen MR) is 66.9 cm³/mol. The van der Waals surface area contributed by atoms with Crippen molar-refractivity contribution in [1.82, 2.24) is 9.38 Å². The highest BCUT2D eigenvalue weighted by atomic mass is 35.5. The third-order valence-corrected chi connectivity index (χ3v) is 2.81. The molecule has 86 valence electrons. The zero-order valence-corrected chi connectivity index (χ0v) is 10.3. The summed E-state index contributed by atoms with van der Waals surface area (Å²) < 4.78 is 2.06. The lowest BCUT2D eigenvalue weighted by Crippen LogP contribution is -2.18. The van der Waals surface area contributed by atoms with Crippen molar-refractivity contribution in [2.45, 2.75) is 32.7 Å². The number of hydrogen-bond donors (Lipinski definition) is 1. The molecule has 1 unspecified atom stereocenters. The Bertz CT molecular complexity index is 502. The van der Waals surface area contributed by atoms with Gasteiger partial charge in [0.15, 0.2) is 0 Å². The van der Waals surface area contributed by atoms with E-state index < -0.39 is 0 Å². The number of hydrogen-bond acceptors (Lipinski definition) is 2. The van der Waals surface area contributed by atoms with Gasteiger partial charge in [-0.25, -0.2) is 4.98 Å². The minimum absolute atomic E-state index is 0.124. The molecule has 4 heteroatoms. The number of imidazole rings is 1. The molecule has 0 aliphatic carbocycles. The Balaban J connectivity index is 2.58. The molecule has 0 bridgehead atoms. The molecular formula is C12H16ClN3. The maximum absolute atomic E-state index is 5.99. The van der Waals surface area contributed by atoms with Crippen LogP contribution < -0.4 is 5.73 Å². The van der Waals surface area contributed by atoms with Crippen LogP contribution in [0.3, 0.4) is 0 Å². The summed E-state index contributed by atoms with van der Waals surface area (Å²) in [6.07, 6.45) is 3.60. The Morgan fingerprint density at radius 1 is 1.50 bits per heavy atom. The minimum atomic E-state index is 0.124. The number of nitrogens with zero attached hydrogens (tertiary/aromatic N) is 2. The summed E-state index contributed by atoms with van der Waals surface area (Å²) in [5.74, 6) is 1.04. The average Bonchev–Trinajstić information content (AvgIpc) is 2.55. The predicted octanol–water partition coefficient (Wildman–Crippen LogP) is 2.44. The Hall–Kier alpha value is -1.06. The van der Waals surface area contributed by atoms with E-state index in [4.69, 9.17) is 17.3 Å². The zero-order valence-electron chi connectivity index (χ0n) is 9.57. The second-order valence-electron chi connectivity index (χ2n) is 4.11. The number of aryl methyl sites for hydroxylation is 1. The van der Waals surface area contributed by atoms with E-state index in [1.54, 1.807) is 0 Å². The standard InChI is InChI=1S/C12H16ClN3/c1-3-12-15-10(6-8(2)14)11-5-4-9(13)7-16(11)12/h4-5,7-8H,3,6,14H2,1-2H3. The Labute approximate surface area is 100 Å². The first-order chi connectivity index (χ1) is 7.61. The van der Waals surface area contributed by atoms with Crippen molar-refractivity contribution in [3.8, 4) is 0 Å². The number of rotatable bonds is 3. The summed E-state index contributed by atoms with van der Waals surface area (Å²) >= 11 is 5.99. The molecule has 2 N–H and O–H groups in total. The van der Waals surface area contributed by atoms with Crippen LogP contribution in [0.25, 0.3) is 5.52 Å². The van der Waals surface area contributed by atoms with Gasteiger partial charge in [-0.3, -0.25) is 0 Å². The second kappa shape index (κ2) is 4.44. The molecule has 2 heterocycles. The van der Waals surface area contributed by atoms with Crippen molar-refractivity contribution in [2.75, 3.05) is 0 Å². The normalized spacial score (nSPS) is 13.2. The molecule has 2 rings (SSSR count). The topological polar surface area (TPSA) is 43.3 Å². The third kappa shape index (κ3) is 2.06. The van der Waals surface area contributed by atoms with Crippen molar-refractivity contribution in [3.05, 3.63) is 34.9 Å². The number of pyridine rings is 1. The molecule has 0 fully saturated rings. The van der Waals surface area contributed by atoms with Gasteiger partial charge in [-0.2, -0.15) is 0 Å². The Morgan fingerprint density at radius 3 is 2.88 bits per heavy atom. The van der Waals surface area contributed by atoms with Gasteiger partial charge >= 0.3 is 0 Å². The average molecular weight is 238 g/mol. The molecule has 2 aromatic heterocycles. The molecule has 0 aromatic carbocycles. The van der Waals surface area contributed by atoms with Crippen LogP contribution in [0, 0.1) is 0 Å². The van der Waals surface area contributed by atoms with E-state index in [2.05, 4.69) is 16.3 Å². The van der Waals surface area contributed by atoms with Crippen molar-refractivity contribution in [2.24, 2.45) is 5.73 Å². The lowest BCUT2D eigenvalue weighted by Gasteiger charge is -2.02. The largest absolute Gasteiger partial charge is 0.328 e.